The summed E-state index contributed by atoms with van der Waals surface area (Å²) < 4.78 is 14.2. The number of carbonyl (C=O) groups excluding carboxylic acids is 4. The highest BCUT2D eigenvalue weighted by atomic mass is 16.6. The van der Waals surface area contributed by atoms with Gasteiger partial charge in [-0.05, 0) is 19.4 Å². The standard InChI is InChI=1S/C18H22O7/c1-11(2)25-16(20)14(19)10-13(12-8-6-5-7-9-12)15(17(21)23-3)18(22)24-4/h5-9,11,13,15H,10H2,1-4H3. The topological polar surface area (TPSA) is 96.0 Å². The molecular weight excluding hydrogens is 328 g/mol. The molecule has 1 atom stereocenters. The first-order valence-electron chi connectivity index (χ1n) is 7.76. The Morgan fingerprint density at radius 3 is 1.88 bits per heavy atom. The van der Waals surface area contributed by atoms with Crippen molar-refractivity contribution in [1.82, 2.24) is 0 Å². The summed E-state index contributed by atoms with van der Waals surface area (Å²) >= 11 is 0. The highest BCUT2D eigenvalue weighted by Crippen LogP contribution is 2.31. The van der Waals surface area contributed by atoms with Crippen LogP contribution in [0.2, 0.25) is 0 Å². The van der Waals surface area contributed by atoms with Crippen molar-refractivity contribution in [2.75, 3.05) is 14.2 Å². The number of methoxy groups -OCH3 is 2. The molecule has 0 aliphatic rings. The molecule has 0 heterocycles. The maximum absolute atomic E-state index is 12.2. The van der Waals surface area contributed by atoms with Crippen molar-refractivity contribution in [3.63, 3.8) is 0 Å². The molecule has 0 saturated heterocycles. The number of rotatable bonds is 8. The van der Waals surface area contributed by atoms with Crippen LogP contribution in [0.1, 0.15) is 31.7 Å². The van der Waals surface area contributed by atoms with Crippen molar-refractivity contribution in [1.29, 1.82) is 0 Å². The van der Waals surface area contributed by atoms with Crippen molar-refractivity contribution < 1.29 is 33.4 Å². The molecule has 0 N–H and O–H groups in total. The van der Waals surface area contributed by atoms with Gasteiger partial charge in [-0.15, -0.1) is 0 Å². The van der Waals surface area contributed by atoms with Crippen LogP contribution in [0.3, 0.4) is 0 Å². The smallest absolute Gasteiger partial charge is 0.374 e. The maximum atomic E-state index is 12.2. The monoisotopic (exact) mass is 350 g/mol. The lowest BCUT2D eigenvalue weighted by Gasteiger charge is -2.23. The van der Waals surface area contributed by atoms with Gasteiger partial charge in [0.05, 0.1) is 20.3 Å². The fraction of sp³-hybridized carbons (Fsp3) is 0.444. The summed E-state index contributed by atoms with van der Waals surface area (Å²) in [5.41, 5.74) is 0.536. The summed E-state index contributed by atoms with van der Waals surface area (Å²) in [7, 11) is 2.27. The van der Waals surface area contributed by atoms with Gasteiger partial charge >= 0.3 is 17.9 Å². The van der Waals surface area contributed by atoms with Gasteiger partial charge < -0.3 is 14.2 Å². The number of hydrogen-bond acceptors (Lipinski definition) is 7. The Bertz CT molecular complexity index is 606. The second-order valence-electron chi connectivity index (χ2n) is 5.62. The molecule has 0 fully saturated rings. The van der Waals surface area contributed by atoms with Crippen LogP contribution in [0.25, 0.3) is 0 Å². The van der Waals surface area contributed by atoms with E-state index in [4.69, 9.17) is 4.74 Å². The Hall–Kier alpha value is -2.70. The zero-order chi connectivity index (χ0) is 19.0. The van der Waals surface area contributed by atoms with Gasteiger partial charge in [0.15, 0.2) is 5.92 Å². The van der Waals surface area contributed by atoms with E-state index in [0.717, 1.165) is 14.2 Å². The summed E-state index contributed by atoms with van der Waals surface area (Å²) in [6.45, 7) is 3.23. The molecular formula is C18H22O7. The van der Waals surface area contributed by atoms with Crippen LogP contribution in [-0.2, 0) is 33.4 Å². The van der Waals surface area contributed by atoms with Crippen LogP contribution >= 0.6 is 0 Å². The lowest BCUT2D eigenvalue weighted by molar-refractivity contribution is -0.162. The SMILES string of the molecule is COC(=O)C(C(=O)OC)C(CC(=O)C(=O)OC(C)C)c1ccccc1. The van der Waals surface area contributed by atoms with Gasteiger partial charge in [-0.1, -0.05) is 30.3 Å². The van der Waals surface area contributed by atoms with E-state index >= 15 is 0 Å². The molecule has 1 rings (SSSR count). The Morgan fingerprint density at radius 2 is 1.44 bits per heavy atom. The van der Waals surface area contributed by atoms with Crippen LogP contribution in [-0.4, -0.2) is 44.0 Å². The average Bonchev–Trinajstić information content (AvgIpc) is 2.60. The largest absolute Gasteiger partial charge is 0.468 e. The van der Waals surface area contributed by atoms with Crippen molar-refractivity contribution in [3.8, 4) is 0 Å². The molecule has 0 aliphatic carbocycles. The van der Waals surface area contributed by atoms with Gasteiger partial charge in [-0.3, -0.25) is 14.4 Å². The van der Waals surface area contributed by atoms with Crippen LogP contribution in [0.5, 0.6) is 0 Å². The third-order valence-corrected chi connectivity index (χ3v) is 3.52. The van der Waals surface area contributed by atoms with Crippen LogP contribution in [0.15, 0.2) is 30.3 Å². The molecule has 0 saturated carbocycles. The average molecular weight is 350 g/mol. The minimum atomic E-state index is -1.37. The van der Waals surface area contributed by atoms with E-state index in [0.29, 0.717) is 5.56 Å². The molecule has 7 nitrogen and oxygen atoms in total. The van der Waals surface area contributed by atoms with Crippen molar-refractivity contribution in [2.24, 2.45) is 5.92 Å². The van der Waals surface area contributed by atoms with Gasteiger partial charge in [0.2, 0.25) is 5.78 Å². The molecule has 0 aliphatic heterocycles. The van der Waals surface area contributed by atoms with Gasteiger partial charge in [-0.25, -0.2) is 4.79 Å². The van der Waals surface area contributed by atoms with E-state index < -0.39 is 41.6 Å². The van der Waals surface area contributed by atoms with E-state index in [9.17, 15) is 19.2 Å². The van der Waals surface area contributed by atoms with Gasteiger partial charge in [0.1, 0.15) is 0 Å². The number of esters is 3. The predicted molar refractivity (Wildman–Crippen MR) is 87.6 cm³/mol. The second-order valence-corrected chi connectivity index (χ2v) is 5.62. The minimum Gasteiger partial charge on any atom is -0.468 e. The molecule has 1 unspecified atom stereocenters. The van der Waals surface area contributed by atoms with E-state index in [1.165, 1.54) is 0 Å². The Labute approximate surface area is 146 Å². The molecule has 136 valence electrons. The number of benzene rings is 1. The Morgan fingerprint density at radius 1 is 0.920 bits per heavy atom. The first kappa shape index (κ1) is 20.3. The van der Waals surface area contributed by atoms with Crippen molar-refractivity contribution in [2.45, 2.75) is 32.3 Å². The van der Waals surface area contributed by atoms with Gasteiger partial charge in [-0.2, -0.15) is 0 Å². The highest BCUT2D eigenvalue weighted by molar-refractivity contribution is 6.33. The zero-order valence-electron chi connectivity index (χ0n) is 14.7. The van der Waals surface area contributed by atoms with E-state index in [2.05, 4.69) is 9.47 Å². The maximum Gasteiger partial charge on any atom is 0.374 e. The number of hydrogen-bond donors (Lipinski definition) is 0. The molecule has 0 radical (unpaired) electrons. The highest BCUT2D eigenvalue weighted by Gasteiger charge is 2.40. The summed E-state index contributed by atoms with van der Waals surface area (Å²) in [5.74, 6) is -5.80. The Kier molecular flexibility index (Phi) is 7.78. The van der Waals surface area contributed by atoms with Crippen LogP contribution < -0.4 is 0 Å². The summed E-state index contributed by atoms with van der Waals surface area (Å²) in [6.07, 6.45) is -0.839. The molecule has 0 spiro atoms. The third-order valence-electron chi connectivity index (χ3n) is 3.52. The van der Waals surface area contributed by atoms with Crippen LogP contribution in [0.4, 0.5) is 0 Å². The number of carbonyl (C=O) groups is 4. The molecule has 1 aromatic carbocycles. The first-order chi connectivity index (χ1) is 11.8. The summed E-state index contributed by atoms with van der Waals surface area (Å²) in [4.78, 5) is 48.2. The quantitative estimate of drug-likeness (QED) is 0.304. The van der Waals surface area contributed by atoms with Gasteiger partial charge in [0, 0.05) is 12.3 Å². The zero-order valence-corrected chi connectivity index (χ0v) is 14.7. The molecule has 25 heavy (non-hydrogen) atoms. The van der Waals surface area contributed by atoms with Crippen molar-refractivity contribution in [3.05, 3.63) is 35.9 Å². The number of Topliss-reactive ketones (excluding diaryl/α,β-unsaturated/α-hetero) is 1. The molecule has 7 heteroatoms. The fourth-order valence-corrected chi connectivity index (χ4v) is 2.37. The fourth-order valence-electron chi connectivity index (χ4n) is 2.37. The van der Waals surface area contributed by atoms with E-state index in [-0.39, 0.29) is 6.42 Å². The molecule has 0 bridgehead atoms. The minimum absolute atomic E-state index is 0.384. The number of ether oxygens (including phenoxy) is 3. The third kappa shape index (κ3) is 5.70. The molecule has 0 amide bonds. The van der Waals surface area contributed by atoms with Crippen LogP contribution in [0, 0.1) is 5.92 Å². The predicted octanol–water partition coefficient (Wildman–Crippen LogP) is 1.64. The summed E-state index contributed by atoms with van der Waals surface area (Å²) in [6, 6.07) is 8.46. The molecule has 0 aromatic heterocycles. The van der Waals surface area contributed by atoms with E-state index in [1.807, 2.05) is 0 Å². The van der Waals surface area contributed by atoms with Crippen molar-refractivity contribution >= 4 is 23.7 Å². The number of ketones is 1. The second kappa shape index (κ2) is 9.56. The summed E-state index contributed by atoms with van der Waals surface area (Å²) in [5, 5.41) is 0. The lowest BCUT2D eigenvalue weighted by atomic mass is 9.82. The lowest BCUT2D eigenvalue weighted by Crippen LogP contribution is -2.35. The molecule has 1 aromatic rings. The Balaban J connectivity index is 3.20. The van der Waals surface area contributed by atoms with Gasteiger partial charge in [0.25, 0.3) is 0 Å². The first-order valence-corrected chi connectivity index (χ1v) is 7.76. The van der Waals surface area contributed by atoms with E-state index in [1.54, 1.807) is 44.2 Å². The normalized spacial score (nSPS) is 11.8.